The number of halogens is 1. The van der Waals surface area contributed by atoms with Gasteiger partial charge in [0.05, 0.1) is 33.6 Å². The topological polar surface area (TPSA) is 80.5 Å². The number of pyridine rings is 1. The highest BCUT2D eigenvalue weighted by molar-refractivity contribution is 7.92. The summed E-state index contributed by atoms with van der Waals surface area (Å²) in [7, 11) is 2.34. The first-order chi connectivity index (χ1) is 15.2. The number of hydrogen-bond acceptors (Lipinski definition) is 6. The van der Waals surface area contributed by atoms with Gasteiger partial charge in [0.2, 0.25) is 10.0 Å². The molecule has 0 saturated carbocycles. The number of rotatable bonds is 5. The van der Waals surface area contributed by atoms with Gasteiger partial charge in [-0.05, 0) is 63.2 Å². The van der Waals surface area contributed by atoms with Crippen LogP contribution in [0.4, 0.5) is 11.4 Å². The Morgan fingerprint density at radius 3 is 2.62 bits per heavy atom. The molecule has 9 heteroatoms. The van der Waals surface area contributed by atoms with Crippen molar-refractivity contribution in [3.63, 3.8) is 0 Å². The molecule has 0 N–H and O–H groups in total. The molecule has 170 valence electrons. The van der Waals surface area contributed by atoms with Gasteiger partial charge in [0, 0.05) is 38.1 Å². The van der Waals surface area contributed by atoms with Crippen LogP contribution >= 0.6 is 11.6 Å². The molecule has 4 rings (SSSR count). The maximum atomic E-state index is 12.3. The van der Waals surface area contributed by atoms with Gasteiger partial charge in [0.15, 0.2) is 0 Å². The van der Waals surface area contributed by atoms with E-state index in [1.807, 2.05) is 32.3 Å². The van der Waals surface area contributed by atoms with Crippen molar-refractivity contribution >= 4 is 33.0 Å². The highest BCUT2D eigenvalue weighted by Crippen LogP contribution is 2.43. The molecule has 2 aliphatic rings. The third-order valence-electron chi connectivity index (χ3n) is 6.67. The van der Waals surface area contributed by atoms with Crippen LogP contribution in [-0.2, 0) is 15.8 Å². The summed E-state index contributed by atoms with van der Waals surface area (Å²) in [5, 5.41) is 10.4. The highest BCUT2D eigenvalue weighted by atomic mass is 35.5. The Labute approximate surface area is 195 Å². The number of nitriles is 1. The van der Waals surface area contributed by atoms with Crippen LogP contribution in [0.1, 0.15) is 24.8 Å². The monoisotopic (exact) mass is 473 g/mol. The molecule has 3 heterocycles. The van der Waals surface area contributed by atoms with Gasteiger partial charge in [-0.3, -0.25) is 9.29 Å². The van der Waals surface area contributed by atoms with Gasteiger partial charge in [0.25, 0.3) is 0 Å². The Morgan fingerprint density at radius 1 is 1.25 bits per heavy atom. The van der Waals surface area contributed by atoms with Crippen LogP contribution in [0.5, 0.6) is 0 Å². The molecule has 2 aliphatic heterocycles. The van der Waals surface area contributed by atoms with Gasteiger partial charge in [0.1, 0.15) is 0 Å². The molecule has 1 saturated heterocycles. The van der Waals surface area contributed by atoms with E-state index in [9.17, 15) is 13.7 Å². The molecule has 32 heavy (non-hydrogen) atoms. The van der Waals surface area contributed by atoms with Crippen LogP contribution in [0, 0.1) is 16.7 Å². The van der Waals surface area contributed by atoms with Crippen molar-refractivity contribution in [1.29, 1.82) is 5.26 Å². The van der Waals surface area contributed by atoms with Crippen molar-refractivity contribution in [3.05, 3.63) is 41.2 Å². The van der Waals surface area contributed by atoms with Gasteiger partial charge < -0.3 is 9.80 Å². The normalized spacial score (nSPS) is 19.1. The van der Waals surface area contributed by atoms with E-state index in [0.717, 1.165) is 61.3 Å². The van der Waals surface area contributed by atoms with E-state index in [0.29, 0.717) is 10.7 Å². The fourth-order valence-electron chi connectivity index (χ4n) is 4.59. The van der Waals surface area contributed by atoms with Gasteiger partial charge >= 0.3 is 0 Å². The molecule has 0 unspecified atom stereocenters. The zero-order chi connectivity index (χ0) is 23.1. The summed E-state index contributed by atoms with van der Waals surface area (Å²) in [6, 6.07) is 8.28. The summed E-state index contributed by atoms with van der Waals surface area (Å²) >= 11 is 6.63. The Kier molecular flexibility index (Phi) is 6.10. The number of piperidine rings is 1. The third-order valence-corrected chi connectivity index (χ3v) is 8.65. The van der Waals surface area contributed by atoms with Crippen LogP contribution in [0.3, 0.4) is 0 Å². The second kappa shape index (κ2) is 8.54. The maximum absolute atomic E-state index is 12.3. The number of benzene rings is 1. The standard InChI is InChI=1S/C23H28ClN5O2S/c1-27(2)9-6-23(16-25)7-10-29(11-8-23)22-19(13-26-14-20(22)24)17-4-5-21-18(12-17)15-32(30,31)28(21)3/h4-5,12-14H,6-11,15H2,1-3H3. The van der Waals surface area contributed by atoms with E-state index in [1.165, 1.54) is 4.31 Å². The zero-order valence-corrected chi connectivity index (χ0v) is 20.2. The molecule has 0 atom stereocenters. The van der Waals surface area contributed by atoms with Crippen LogP contribution in [0.25, 0.3) is 11.1 Å². The largest absolute Gasteiger partial charge is 0.370 e. The first kappa shape index (κ1) is 22.8. The van der Waals surface area contributed by atoms with E-state index in [2.05, 4.69) is 20.9 Å². The van der Waals surface area contributed by atoms with Crippen molar-refractivity contribution in [2.75, 3.05) is 50.0 Å². The first-order valence-electron chi connectivity index (χ1n) is 10.7. The number of fused-ring (bicyclic) bond motifs is 1. The first-order valence-corrected chi connectivity index (χ1v) is 12.7. The van der Waals surface area contributed by atoms with Crippen molar-refractivity contribution in [2.45, 2.75) is 25.0 Å². The molecule has 0 amide bonds. The van der Waals surface area contributed by atoms with Gasteiger partial charge in [-0.1, -0.05) is 17.7 Å². The van der Waals surface area contributed by atoms with Gasteiger partial charge in [-0.2, -0.15) is 5.26 Å². The SMILES string of the molecule is CN(C)CCC1(C#N)CCN(c2c(Cl)cncc2-c2ccc3c(c2)CS(=O)(=O)N3C)CC1. The van der Waals surface area contributed by atoms with E-state index < -0.39 is 10.0 Å². The van der Waals surface area contributed by atoms with Crippen LogP contribution in [-0.4, -0.2) is 59.1 Å². The molecule has 1 aromatic carbocycles. The predicted molar refractivity (Wildman–Crippen MR) is 128 cm³/mol. The molecule has 2 aromatic rings. The van der Waals surface area contributed by atoms with E-state index in [1.54, 1.807) is 19.4 Å². The summed E-state index contributed by atoms with van der Waals surface area (Å²) in [6.45, 7) is 2.36. The van der Waals surface area contributed by atoms with Crippen molar-refractivity contribution < 1.29 is 8.42 Å². The van der Waals surface area contributed by atoms with Crippen molar-refractivity contribution in [2.24, 2.45) is 5.41 Å². The molecule has 1 fully saturated rings. The van der Waals surface area contributed by atoms with E-state index >= 15 is 0 Å². The average Bonchev–Trinajstić information content (AvgIpc) is 3.00. The number of sulfonamides is 1. The summed E-state index contributed by atoms with van der Waals surface area (Å²) < 4.78 is 25.9. The summed E-state index contributed by atoms with van der Waals surface area (Å²) in [4.78, 5) is 8.66. The average molecular weight is 474 g/mol. The molecule has 1 aromatic heterocycles. The third kappa shape index (κ3) is 4.17. The molecular formula is C23H28ClN5O2S. The zero-order valence-electron chi connectivity index (χ0n) is 18.7. The van der Waals surface area contributed by atoms with Crippen LogP contribution in [0.2, 0.25) is 5.02 Å². The lowest BCUT2D eigenvalue weighted by Crippen LogP contribution is -2.41. The quantitative estimate of drug-likeness (QED) is 0.658. The fraction of sp³-hybridized carbons (Fsp3) is 0.478. The summed E-state index contributed by atoms with van der Waals surface area (Å²) in [5.41, 5.74) is 3.85. The van der Waals surface area contributed by atoms with Crippen LogP contribution < -0.4 is 9.21 Å². The lowest BCUT2D eigenvalue weighted by atomic mass is 9.76. The fourth-order valence-corrected chi connectivity index (χ4v) is 6.17. The second-order valence-electron chi connectivity index (χ2n) is 9.02. The molecule has 0 bridgehead atoms. The van der Waals surface area contributed by atoms with Crippen LogP contribution in [0.15, 0.2) is 30.6 Å². The Bertz CT molecular complexity index is 1170. The highest BCUT2D eigenvalue weighted by Gasteiger charge is 2.36. The molecular weight excluding hydrogens is 446 g/mol. The molecule has 0 radical (unpaired) electrons. The minimum Gasteiger partial charge on any atom is -0.370 e. The predicted octanol–water partition coefficient (Wildman–Crippen LogP) is 3.74. The molecule has 0 spiro atoms. The van der Waals surface area contributed by atoms with Gasteiger partial charge in [-0.15, -0.1) is 0 Å². The number of aromatic nitrogens is 1. The molecule has 7 nitrogen and oxygen atoms in total. The lowest BCUT2D eigenvalue weighted by Gasteiger charge is -2.40. The Balaban J connectivity index is 1.63. The van der Waals surface area contributed by atoms with E-state index in [4.69, 9.17) is 11.6 Å². The number of anilines is 2. The minimum atomic E-state index is -3.30. The Morgan fingerprint density at radius 2 is 1.97 bits per heavy atom. The second-order valence-corrected chi connectivity index (χ2v) is 11.4. The van der Waals surface area contributed by atoms with E-state index in [-0.39, 0.29) is 11.2 Å². The van der Waals surface area contributed by atoms with Gasteiger partial charge in [-0.25, -0.2) is 8.42 Å². The number of hydrogen-bond donors (Lipinski definition) is 0. The molecule has 0 aliphatic carbocycles. The Hall–Kier alpha value is -2.34. The maximum Gasteiger partial charge on any atom is 0.239 e. The number of nitrogens with zero attached hydrogens (tertiary/aromatic N) is 5. The van der Waals surface area contributed by atoms with Crippen molar-refractivity contribution in [1.82, 2.24) is 9.88 Å². The van der Waals surface area contributed by atoms with Crippen molar-refractivity contribution in [3.8, 4) is 17.2 Å². The summed E-state index contributed by atoms with van der Waals surface area (Å²) in [6.07, 6.45) is 5.85. The lowest BCUT2D eigenvalue weighted by molar-refractivity contribution is 0.245. The smallest absolute Gasteiger partial charge is 0.239 e. The summed E-state index contributed by atoms with van der Waals surface area (Å²) in [5.74, 6) is -0.00369. The minimum absolute atomic E-state index is 0.00369.